The molecule has 19 heavy (non-hydrogen) atoms. The second-order valence-corrected chi connectivity index (χ2v) is 6.61. The van der Waals surface area contributed by atoms with E-state index in [0.717, 1.165) is 11.3 Å². The number of amides is 1. The third-order valence-electron chi connectivity index (χ3n) is 2.69. The first kappa shape index (κ1) is 15.7. The SMILES string of the molecule is CCS(=O)(=O)NCC(=O)Nc1ccccc1C(C)C. The molecule has 0 saturated carbocycles. The normalized spacial score (nSPS) is 11.6. The zero-order valence-electron chi connectivity index (χ0n) is 11.4. The highest BCUT2D eigenvalue weighted by Crippen LogP contribution is 2.23. The Labute approximate surface area is 114 Å². The maximum atomic E-state index is 11.7. The molecule has 6 heteroatoms. The van der Waals surface area contributed by atoms with E-state index in [0.29, 0.717) is 0 Å². The van der Waals surface area contributed by atoms with Gasteiger partial charge in [0.05, 0.1) is 12.3 Å². The number of carbonyl (C=O) groups excluding carboxylic acids is 1. The van der Waals surface area contributed by atoms with Crippen molar-refractivity contribution in [2.24, 2.45) is 0 Å². The monoisotopic (exact) mass is 284 g/mol. The van der Waals surface area contributed by atoms with Crippen molar-refractivity contribution < 1.29 is 13.2 Å². The van der Waals surface area contributed by atoms with Gasteiger partial charge < -0.3 is 5.32 Å². The summed E-state index contributed by atoms with van der Waals surface area (Å²) in [5.41, 5.74) is 1.74. The van der Waals surface area contributed by atoms with Gasteiger partial charge in [0.15, 0.2) is 0 Å². The number of hydrogen-bond donors (Lipinski definition) is 2. The van der Waals surface area contributed by atoms with Gasteiger partial charge in [0.2, 0.25) is 15.9 Å². The predicted octanol–water partition coefficient (Wildman–Crippen LogP) is 1.69. The lowest BCUT2D eigenvalue weighted by Gasteiger charge is -2.13. The van der Waals surface area contributed by atoms with Crippen LogP contribution in [0.2, 0.25) is 0 Å². The van der Waals surface area contributed by atoms with E-state index in [1.54, 1.807) is 0 Å². The molecule has 1 amide bonds. The highest BCUT2D eigenvalue weighted by atomic mass is 32.2. The van der Waals surface area contributed by atoms with Crippen molar-refractivity contribution in [1.82, 2.24) is 4.72 Å². The highest BCUT2D eigenvalue weighted by Gasteiger charge is 2.12. The van der Waals surface area contributed by atoms with Crippen LogP contribution < -0.4 is 10.0 Å². The molecule has 0 unspecified atom stereocenters. The molecule has 5 nitrogen and oxygen atoms in total. The Morgan fingerprint density at radius 2 is 1.89 bits per heavy atom. The summed E-state index contributed by atoms with van der Waals surface area (Å²) in [5.74, 6) is -0.128. The third kappa shape index (κ3) is 5.00. The topological polar surface area (TPSA) is 75.3 Å². The van der Waals surface area contributed by atoms with Gasteiger partial charge in [-0.3, -0.25) is 4.79 Å². The number of benzene rings is 1. The smallest absolute Gasteiger partial charge is 0.239 e. The van der Waals surface area contributed by atoms with Crippen LogP contribution in [-0.4, -0.2) is 26.6 Å². The van der Waals surface area contributed by atoms with Gasteiger partial charge in [0, 0.05) is 5.69 Å². The molecule has 1 rings (SSSR count). The minimum Gasteiger partial charge on any atom is -0.325 e. The van der Waals surface area contributed by atoms with Crippen molar-refractivity contribution in [1.29, 1.82) is 0 Å². The summed E-state index contributed by atoms with van der Waals surface area (Å²) < 4.78 is 24.7. The molecule has 0 aliphatic rings. The molecule has 0 saturated heterocycles. The molecule has 0 aliphatic heterocycles. The molecule has 0 fully saturated rings. The molecular formula is C13H20N2O3S. The number of anilines is 1. The standard InChI is InChI=1S/C13H20N2O3S/c1-4-19(17,18)14-9-13(16)15-12-8-6-5-7-11(12)10(2)3/h5-8,10,14H,4,9H2,1-3H3,(H,15,16). The number of rotatable bonds is 6. The first-order valence-corrected chi connectivity index (χ1v) is 7.87. The molecular weight excluding hydrogens is 264 g/mol. The van der Waals surface area contributed by atoms with Crippen LogP contribution in [0.4, 0.5) is 5.69 Å². The predicted molar refractivity (Wildman–Crippen MR) is 76.6 cm³/mol. The molecule has 1 aromatic carbocycles. The van der Waals surface area contributed by atoms with E-state index < -0.39 is 10.0 Å². The molecule has 0 radical (unpaired) electrons. The lowest BCUT2D eigenvalue weighted by Crippen LogP contribution is -2.34. The Kier molecular flexibility index (Phi) is 5.50. The minimum absolute atomic E-state index is 0.0388. The first-order chi connectivity index (χ1) is 8.85. The van der Waals surface area contributed by atoms with Gasteiger partial charge in [0.25, 0.3) is 0 Å². The van der Waals surface area contributed by atoms with Crippen molar-refractivity contribution in [2.75, 3.05) is 17.6 Å². The Balaban J connectivity index is 2.68. The summed E-state index contributed by atoms with van der Waals surface area (Å²) in [4.78, 5) is 11.7. The molecule has 0 heterocycles. The lowest BCUT2D eigenvalue weighted by atomic mass is 10.0. The van der Waals surface area contributed by atoms with E-state index >= 15 is 0 Å². The van der Waals surface area contributed by atoms with Crippen LogP contribution in [-0.2, 0) is 14.8 Å². The summed E-state index contributed by atoms with van der Waals surface area (Å²) in [6.45, 7) is 5.34. The molecule has 1 aromatic rings. The second kappa shape index (κ2) is 6.68. The van der Waals surface area contributed by atoms with Crippen LogP contribution in [0.15, 0.2) is 24.3 Å². The fourth-order valence-corrected chi connectivity index (χ4v) is 2.14. The Hall–Kier alpha value is -1.40. The van der Waals surface area contributed by atoms with Gasteiger partial charge in [-0.2, -0.15) is 0 Å². The van der Waals surface area contributed by atoms with Crippen LogP contribution in [0.3, 0.4) is 0 Å². The van der Waals surface area contributed by atoms with Gasteiger partial charge in [-0.1, -0.05) is 32.0 Å². The summed E-state index contributed by atoms with van der Waals surface area (Å²) >= 11 is 0. The van der Waals surface area contributed by atoms with Crippen molar-refractivity contribution in [3.05, 3.63) is 29.8 Å². The number of hydrogen-bond acceptors (Lipinski definition) is 3. The fourth-order valence-electron chi connectivity index (χ4n) is 1.59. The molecule has 106 valence electrons. The van der Waals surface area contributed by atoms with Gasteiger partial charge in [-0.05, 0) is 24.5 Å². The number of para-hydroxylation sites is 1. The number of nitrogens with one attached hydrogen (secondary N) is 2. The average Bonchev–Trinajstić information content (AvgIpc) is 2.37. The van der Waals surface area contributed by atoms with Crippen molar-refractivity contribution in [3.63, 3.8) is 0 Å². The summed E-state index contributed by atoms with van der Waals surface area (Å²) in [6.07, 6.45) is 0. The van der Waals surface area contributed by atoms with Gasteiger partial charge in [0.1, 0.15) is 0 Å². The zero-order chi connectivity index (χ0) is 14.5. The van der Waals surface area contributed by atoms with E-state index in [2.05, 4.69) is 10.0 Å². The number of carbonyl (C=O) groups is 1. The van der Waals surface area contributed by atoms with E-state index in [1.807, 2.05) is 38.1 Å². The minimum atomic E-state index is -3.34. The molecule has 2 N–H and O–H groups in total. The third-order valence-corrected chi connectivity index (χ3v) is 4.03. The van der Waals surface area contributed by atoms with E-state index in [4.69, 9.17) is 0 Å². The van der Waals surface area contributed by atoms with Crippen LogP contribution in [0.5, 0.6) is 0 Å². The van der Waals surface area contributed by atoms with Crippen molar-refractivity contribution in [2.45, 2.75) is 26.7 Å². The summed E-state index contributed by atoms with van der Waals surface area (Å²) in [5, 5.41) is 2.72. The maximum Gasteiger partial charge on any atom is 0.239 e. The number of sulfonamides is 1. The first-order valence-electron chi connectivity index (χ1n) is 6.22. The highest BCUT2D eigenvalue weighted by molar-refractivity contribution is 7.89. The maximum absolute atomic E-state index is 11.7. The van der Waals surface area contributed by atoms with Gasteiger partial charge >= 0.3 is 0 Å². The Morgan fingerprint density at radius 3 is 2.47 bits per heavy atom. The molecule has 0 aromatic heterocycles. The summed E-state index contributed by atoms with van der Waals surface area (Å²) in [7, 11) is -3.34. The van der Waals surface area contributed by atoms with Crippen molar-refractivity contribution in [3.8, 4) is 0 Å². The van der Waals surface area contributed by atoms with Crippen molar-refractivity contribution >= 4 is 21.6 Å². The largest absolute Gasteiger partial charge is 0.325 e. The molecule has 0 atom stereocenters. The Morgan fingerprint density at radius 1 is 1.26 bits per heavy atom. The average molecular weight is 284 g/mol. The summed E-state index contributed by atoms with van der Waals surface area (Å²) in [6, 6.07) is 7.49. The Bertz CT molecular complexity index is 539. The fraction of sp³-hybridized carbons (Fsp3) is 0.462. The second-order valence-electron chi connectivity index (χ2n) is 4.51. The van der Waals surface area contributed by atoms with E-state index in [-0.39, 0.29) is 24.1 Å². The van der Waals surface area contributed by atoms with Gasteiger partial charge in [-0.25, -0.2) is 13.1 Å². The van der Waals surface area contributed by atoms with E-state index in [1.165, 1.54) is 6.92 Å². The van der Waals surface area contributed by atoms with Crippen LogP contribution in [0.1, 0.15) is 32.3 Å². The zero-order valence-corrected chi connectivity index (χ0v) is 12.3. The van der Waals surface area contributed by atoms with Gasteiger partial charge in [-0.15, -0.1) is 0 Å². The van der Waals surface area contributed by atoms with Crippen LogP contribution in [0, 0.1) is 0 Å². The molecule has 0 bridgehead atoms. The lowest BCUT2D eigenvalue weighted by molar-refractivity contribution is -0.115. The van der Waals surface area contributed by atoms with E-state index in [9.17, 15) is 13.2 Å². The van der Waals surface area contributed by atoms with Crippen LogP contribution in [0.25, 0.3) is 0 Å². The molecule has 0 aliphatic carbocycles. The molecule has 0 spiro atoms. The van der Waals surface area contributed by atoms with Crippen LogP contribution >= 0.6 is 0 Å². The quantitative estimate of drug-likeness (QED) is 0.834.